The average Bonchev–Trinajstić information content (AvgIpc) is 2.23. The van der Waals surface area contributed by atoms with Crippen molar-refractivity contribution < 1.29 is 14.7 Å². The fraction of sp³-hybridized carbons (Fsp3) is 0.875. The summed E-state index contributed by atoms with van der Waals surface area (Å²) in [6.07, 6.45) is 4.29. The molecule has 0 spiro atoms. The van der Waals surface area contributed by atoms with Crippen molar-refractivity contribution in [2.75, 3.05) is 13.1 Å². The summed E-state index contributed by atoms with van der Waals surface area (Å²) in [7, 11) is 0. The van der Waals surface area contributed by atoms with Crippen molar-refractivity contribution >= 4 is 12.0 Å². The minimum Gasteiger partial charge on any atom is -0.481 e. The van der Waals surface area contributed by atoms with Crippen molar-refractivity contribution in [3.05, 3.63) is 0 Å². The van der Waals surface area contributed by atoms with Gasteiger partial charge in [-0.1, -0.05) is 27.2 Å². The summed E-state index contributed by atoms with van der Waals surface area (Å²) in [4.78, 5) is 25.1. The Hall–Kier alpha value is -1.26. The molecule has 0 heterocycles. The molecule has 5 heteroatoms. The van der Waals surface area contributed by atoms with Gasteiger partial charge in [-0.3, -0.25) is 4.79 Å². The highest BCUT2D eigenvalue weighted by atomic mass is 16.4. The van der Waals surface area contributed by atoms with Crippen molar-refractivity contribution in [1.29, 1.82) is 0 Å². The monoisotopic (exact) mass is 298 g/mol. The smallest absolute Gasteiger partial charge is 0.317 e. The summed E-state index contributed by atoms with van der Waals surface area (Å²) in [5, 5.41) is 11.9. The van der Waals surface area contributed by atoms with Crippen LogP contribution >= 0.6 is 0 Å². The third-order valence-corrected chi connectivity index (χ3v) is 3.98. The molecule has 0 radical (unpaired) electrons. The van der Waals surface area contributed by atoms with E-state index in [0.717, 1.165) is 6.54 Å². The minimum absolute atomic E-state index is 0.0155. The van der Waals surface area contributed by atoms with E-state index in [-0.39, 0.29) is 23.9 Å². The van der Waals surface area contributed by atoms with Gasteiger partial charge in [0.2, 0.25) is 0 Å². The van der Waals surface area contributed by atoms with E-state index in [1.165, 1.54) is 19.3 Å². The molecule has 21 heavy (non-hydrogen) atoms. The number of hydrogen-bond acceptors (Lipinski definition) is 2. The van der Waals surface area contributed by atoms with Gasteiger partial charge in [-0.05, 0) is 37.5 Å². The Bertz CT molecular complexity index is 359. The Morgan fingerprint density at radius 2 is 1.95 bits per heavy atom. The second kappa shape index (κ2) is 7.66. The van der Waals surface area contributed by atoms with Crippen LogP contribution in [0.1, 0.15) is 59.8 Å². The lowest BCUT2D eigenvalue weighted by Crippen LogP contribution is -2.48. The van der Waals surface area contributed by atoms with Gasteiger partial charge in [0.1, 0.15) is 0 Å². The van der Waals surface area contributed by atoms with Gasteiger partial charge in [-0.2, -0.15) is 0 Å². The number of carboxylic acids is 1. The number of hydrogen-bond donors (Lipinski definition) is 2. The summed E-state index contributed by atoms with van der Waals surface area (Å²) >= 11 is 0. The lowest BCUT2D eigenvalue weighted by atomic mass is 9.85. The van der Waals surface area contributed by atoms with Crippen LogP contribution in [0.4, 0.5) is 4.79 Å². The first-order valence-corrected chi connectivity index (χ1v) is 7.98. The summed E-state index contributed by atoms with van der Waals surface area (Å²) in [5.74, 6) is -0.247. The molecule has 1 unspecified atom stereocenters. The summed E-state index contributed by atoms with van der Waals surface area (Å²) in [6, 6.07) is -0.439. The molecule has 1 saturated carbocycles. The normalized spacial score (nSPS) is 17.0. The second-order valence-electron chi connectivity index (χ2n) is 7.34. The van der Waals surface area contributed by atoms with E-state index in [4.69, 9.17) is 5.11 Å². The topological polar surface area (TPSA) is 69.6 Å². The van der Waals surface area contributed by atoms with Gasteiger partial charge in [-0.15, -0.1) is 0 Å². The first-order valence-electron chi connectivity index (χ1n) is 7.98. The van der Waals surface area contributed by atoms with Crippen LogP contribution in [0.15, 0.2) is 0 Å². The molecule has 1 rings (SSSR count). The molecule has 2 amide bonds. The fourth-order valence-corrected chi connectivity index (χ4v) is 2.73. The van der Waals surface area contributed by atoms with Crippen molar-refractivity contribution in [3.63, 3.8) is 0 Å². The Kier molecular flexibility index (Phi) is 6.49. The number of carbonyl (C=O) groups excluding carboxylic acids is 1. The van der Waals surface area contributed by atoms with Gasteiger partial charge in [0.15, 0.2) is 0 Å². The number of carboxylic acid groups (broad SMARTS) is 1. The van der Waals surface area contributed by atoms with Crippen LogP contribution < -0.4 is 5.32 Å². The van der Waals surface area contributed by atoms with Crippen LogP contribution in [0.2, 0.25) is 0 Å². The number of aliphatic carboxylic acids is 1. The number of nitrogens with one attached hydrogen (secondary N) is 1. The zero-order valence-electron chi connectivity index (χ0n) is 13.8. The molecule has 5 nitrogen and oxygen atoms in total. The Balaban J connectivity index is 2.57. The standard InChI is InChI=1S/C16H30N2O3/c1-5-18(11-12-7-6-8-12)15(21)17-13(9-14(19)20)10-16(2,3)4/h12-13H,5-11H2,1-4H3,(H,17,21)(H,19,20). The maximum atomic E-state index is 12.3. The Morgan fingerprint density at radius 3 is 2.33 bits per heavy atom. The SMILES string of the molecule is CCN(CC1CCC1)C(=O)NC(CC(=O)O)CC(C)(C)C. The van der Waals surface area contributed by atoms with Crippen LogP contribution in [0.25, 0.3) is 0 Å². The lowest BCUT2D eigenvalue weighted by Gasteiger charge is -2.33. The van der Waals surface area contributed by atoms with Gasteiger partial charge in [0, 0.05) is 19.1 Å². The van der Waals surface area contributed by atoms with E-state index in [1.54, 1.807) is 4.90 Å². The van der Waals surface area contributed by atoms with Gasteiger partial charge >= 0.3 is 12.0 Å². The van der Waals surface area contributed by atoms with Gasteiger partial charge in [0.05, 0.1) is 6.42 Å². The highest BCUT2D eigenvalue weighted by Gasteiger charge is 2.26. The molecule has 1 atom stereocenters. The third-order valence-electron chi connectivity index (χ3n) is 3.98. The molecule has 1 fully saturated rings. The predicted molar refractivity (Wildman–Crippen MR) is 83.2 cm³/mol. The first kappa shape index (κ1) is 17.8. The molecule has 2 N–H and O–H groups in total. The third kappa shape index (κ3) is 6.82. The molecule has 0 aliphatic heterocycles. The van der Waals surface area contributed by atoms with Crippen LogP contribution in [-0.4, -0.2) is 41.1 Å². The number of amides is 2. The zero-order chi connectivity index (χ0) is 16.0. The quantitative estimate of drug-likeness (QED) is 0.759. The predicted octanol–water partition coefficient (Wildman–Crippen LogP) is 3.10. The van der Waals surface area contributed by atoms with Crippen molar-refractivity contribution in [2.24, 2.45) is 11.3 Å². The molecular formula is C16H30N2O3. The molecule has 1 aliphatic rings. The summed E-state index contributed by atoms with van der Waals surface area (Å²) < 4.78 is 0. The maximum Gasteiger partial charge on any atom is 0.317 e. The zero-order valence-corrected chi connectivity index (χ0v) is 13.8. The van der Waals surface area contributed by atoms with E-state index in [2.05, 4.69) is 26.1 Å². The highest BCUT2D eigenvalue weighted by molar-refractivity contribution is 5.76. The van der Waals surface area contributed by atoms with E-state index in [9.17, 15) is 9.59 Å². The van der Waals surface area contributed by atoms with Crippen LogP contribution in [0, 0.1) is 11.3 Å². The summed E-state index contributed by atoms with van der Waals surface area (Å²) in [6.45, 7) is 9.59. The van der Waals surface area contributed by atoms with Crippen molar-refractivity contribution in [1.82, 2.24) is 10.2 Å². The highest BCUT2D eigenvalue weighted by Crippen LogP contribution is 2.27. The Morgan fingerprint density at radius 1 is 1.33 bits per heavy atom. The average molecular weight is 298 g/mol. The molecule has 0 aromatic rings. The van der Waals surface area contributed by atoms with Crippen molar-refractivity contribution in [2.45, 2.75) is 65.8 Å². The maximum absolute atomic E-state index is 12.3. The lowest BCUT2D eigenvalue weighted by molar-refractivity contribution is -0.137. The second-order valence-corrected chi connectivity index (χ2v) is 7.34. The molecule has 1 aliphatic carbocycles. The van der Waals surface area contributed by atoms with Crippen LogP contribution in [0.5, 0.6) is 0 Å². The van der Waals surface area contributed by atoms with Gasteiger partial charge in [0.25, 0.3) is 0 Å². The number of carbonyl (C=O) groups is 2. The first-order chi connectivity index (χ1) is 9.71. The van der Waals surface area contributed by atoms with Gasteiger partial charge in [-0.25, -0.2) is 4.79 Å². The van der Waals surface area contributed by atoms with Crippen molar-refractivity contribution in [3.8, 4) is 0 Å². The molecule has 0 bridgehead atoms. The largest absolute Gasteiger partial charge is 0.481 e. The molecular weight excluding hydrogens is 268 g/mol. The van der Waals surface area contributed by atoms with E-state index >= 15 is 0 Å². The number of nitrogens with zero attached hydrogens (tertiary/aromatic N) is 1. The van der Waals surface area contributed by atoms with Crippen LogP contribution in [-0.2, 0) is 4.79 Å². The minimum atomic E-state index is -0.869. The van der Waals surface area contributed by atoms with E-state index < -0.39 is 5.97 Å². The van der Waals surface area contributed by atoms with E-state index in [1.807, 2.05) is 6.92 Å². The van der Waals surface area contributed by atoms with Gasteiger partial charge < -0.3 is 15.3 Å². The van der Waals surface area contributed by atoms with E-state index in [0.29, 0.717) is 18.9 Å². The molecule has 0 aromatic carbocycles. The summed E-state index contributed by atoms with van der Waals surface area (Å²) in [5.41, 5.74) is -0.0155. The number of urea groups is 1. The fourth-order valence-electron chi connectivity index (χ4n) is 2.73. The molecule has 0 aromatic heterocycles. The Labute approximate surface area is 128 Å². The molecule has 122 valence electrons. The van der Waals surface area contributed by atoms with Crippen LogP contribution in [0.3, 0.4) is 0 Å². The molecule has 0 saturated heterocycles. The number of rotatable bonds is 7.